The third-order valence-corrected chi connectivity index (χ3v) is 6.16. The number of anilines is 1. The van der Waals surface area contributed by atoms with Crippen LogP contribution in [0.25, 0.3) is 11.3 Å². The molecule has 1 aromatic heterocycles. The Morgan fingerprint density at radius 3 is 2.23 bits per heavy atom. The minimum atomic E-state index is -0.252. The number of thiazole rings is 1. The SMILES string of the molecule is CSc1cccc(C(=O)Nc2nc(-c3ccccc3)c(C(=O)c3ccccc3)s2)c1. The van der Waals surface area contributed by atoms with Gasteiger partial charge >= 0.3 is 0 Å². The van der Waals surface area contributed by atoms with Crippen molar-refractivity contribution in [2.45, 2.75) is 4.90 Å². The second-order valence-electron chi connectivity index (χ2n) is 6.44. The molecule has 1 N–H and O–H groups in total. The average molecular weight is 431 g/mol. The summed E-state index contributed by atoms with van der Waals surface area (Å²) in [5.74, 6) is -0.366. The van der Waals surface area contributed by atoms with E-state index in [1.54, 1.807) is 30.0 Å². The second-order valence-corrected chi connectivity index (χ2v) is 8.32. The van der Waals surface area contributed by atoms with Crippen molar-refractivity contribution in [1.82, 2.24) is 4.98 Å². The maximum absolute atomic E-state index is 13.1. The minimum absolute atomic E-state index is 0.114. The van der Waals surface area contributed by atoms with Gasteiger partial charge in [-0.3, -0.25) is 14.9 Å². The highest BCUT2D eigenvalue weighted by Gasteiger charge is 2.22. The van der Waals surface area contributed by atoms with E-state index in [0.717, 1.165) is 10.5 Å². The number of amides is 1. The number of hydrogen-bond acceptors (Lipinski definition) is 5. The molecule has 0 bridgehead atoms. The van der Waals surface area contributed by atoms with Gasteiger partial charge in [-0.15, -0.1) is 11.8 Å². The second kappa shape index (κ2) is 9.07. The third-order valence-electron chi connectivity index (χ3n) is 4.47. The van der Waals surface area contributed by atoms with Crippen LogP contribution in [0.3, 0.4) is 0 Å². The van der Waals surface area contributed by atoms with E-state index in [4.69, 9.17) is 0 Å². The molecule has 4 aromatic rings. The fourth-order valence-electron chi connectivity index (χ4n) is 2.97. The Kier molecular flexibility index (Phi) is 6.07. The summed E-state index contributed by atoms with van der Waals surface area (Å²) in [6, 6.07) is 26.0. The first kappa shape index (κ1) is 20.1. The number of aromatic nitrogens is 1. The Labute approximate surface area is 183 Å². The van der Waals surface area contributed by atoms with Gasteiger partial charge in [-0.25, -0.2) is 4.98 Å². The van der Waals surface area contributed by atoms with E-state index in [0.29, 0.717) is 26.8 Å². The number of benzene rings is 3. The van der Waals surface area contributed by atoms with Crippen molar-refractivity contribution in [1.29, 1.82) is 0 Å². The summed E-state index contributed by atoms with van der Waals surface area (Å²) in [5.41, 5.74) is 2.54. The number of ketones is 1. The van der Waals surface area contributed by atoms with Gasteiger partial charge in [-0.05, 0) is 24.5 Å². The van der Waals surface area contributed by atoms with Crippen LogP contribution in [0.15, 0.2) is 89.8 Å². The van der Waals surface area contributed by atoms with Crippen molar-refractivity contribution in [3.8, 4) is 11.3 Å². The van der Waals surface area contributed by atoms with Gasteiger partial charge in [-0.1, -0.05) is 78.1 Å². The summed E-state index contributed by atoms with van der Waals surface area (Å²) in [5, 5.41) is 3.25. The van der Waals surface area contributed by atoms with Gasteiger partial charge in [-0.2, -0.15) is 0 Å². The number of nitrogens with zero attached hydrogens (tertiary/aromatic N) is 1. The van der Waals surface area contributed by atoms with E-state index in [1.165, 1.54) is 11.3 Å². The van der Waals surface area contributed by atoms with Gasteiger partial charge < -0.3 is 0 Å². The highest BCUT2D eigenvalue weighted by Crippen LogP contribution is 2.33. The molecule has 0 aliphatic rings. The van der Waals surface area contributed by atoms with Crippen LogP contribution in [0.2, 0.25) is 0 Å². The van der Waals surface area contributed by atoms with Crippen LogP contribution in [0.5, 0.6) is 0 Å². The Hall–Kier alpha value is -3.22. The van der Waals surface area contributed by atoms with E-state index in [2.05, 4.69) is 10.3 Å². The third kappa shape index (κ3) is 4.35. The maximum atomic E-state index is 13.1. The molecule has 0 radical (unpaired) electrons. The largest absolute Gasteiger partial charge is 0.298 e. The number of carbonyl (C=O) groups excluding carboxylic acids is 2. The van der Waals surface area contributed by atoms with E-state index < -0.39 is 0 Å². The Bertz CT molecular complexity index is 1190. The monoisotopic (exact) mass is 430 g/mol. The lowest BCUT2D eigenvalue weighted by Crippen LogP contribution is -2.11. The smallest absolute Gasteiger partial charge is 0.257 e. The molecule has 4 nitrogen and oxygen atoms in total. The normalized spacial score (nSPS) is 10.6. The van der Waals surface area contributed by atoms with Gasteiger partial charge in [0.2, 0.25) is 5.78 Å². The lowest BCUT2D eigenvalue weighted by molar-refractivity contribution is 0.102. The molecule has 3 aromatic carbocycles. The molecule has 0 atom stereocenters. The topological polar surface area (TPSA) is 59.1 Å². The highest BCUT2D eigenvalue weighted by molar-refractivity contribution is 7.98. The number of carbonyl (C=O) groups is 2. The lowest BCUT2D eigenvalue weighted by Gasteiger charge is -2.03. The molecule has 1 heterocycles. The predicted octanol–water partition coefficient (Wildman–Crippen LogP) is 6.02. The van der Waals surface area contributed by atoms with Crippen molar-refractivity contribution in [2.75, 3.05) is 11.6 Å². The zero-order chi connectivity index (χ0) is 20.9. The number of rotatable bonds is 6. The predicted molar refractivity (Wildman–Crippen MR) is 124 cm³/mol. The van der Waals surface area contributed by atoms with Crippen molar-refractivity contribution in [3.63, 3.8) is 0 Å². The first-order valence-corrected chi connectivity index (χ1v) is 11.3. The molecule has 0 aliphatic heterocycles. The summed E-state index contributed by atoms with van der Waals surface area (Å²) >= 11 is 2.77. The van der Waals surface area contributed by atoms with Gasteiger partial charge in [0.05, 0.1) is 5.69 Å². The summed E-state index contributed by atoms with van der Waals surface area (Å²) < 4.78 is 0. The molecule has 4 rings (SSSR count). The molecular formula is C24H18N2O2S2. The molecule has 0 unspecified atom stereocenters. The lowest BCUT2D eigenvalue weighted by atomic mass is 10.1. The van der Waals surface area contributed by atoms with Gasteiger partial charge in [0.15, 0.2) is 5.13 Å². The molecule has 0 aliphatic carbocycles. The van der Waals surface area contributed by atoms with Gasteiger partial charge in [0.1, 0.15) is 4.88 Å². The first-order chi connectivity index (χ1) is 14.7. The highest BCUT2D eigenvalue weighted by atomic mass is 32.2. The molecule has 0 fully saturated rings. The average Bonchev–Trinajstić information content (AvgIpc) is 3.23. The first-order valence-electron chi connectivity index (χ1n) is 9.27. The quantitative estimate of drug-likeness (QED) is 0.300. The van der Waals surface area contributed by atoms with Crippen LogP contribution in [0.4, 0.5) is 5.13 Å². The zero-order valence-corrected chi connectivity index (χ0v) is 17.8. The summed E-state index contributed by atoms with van der Waals surface area (Å²) in [7, 11) is 0. The van der Waals surface area contributed by atoms with Gasteiger partial charge in [0, 0.05) is 21.6 Å². The maximum Gasteiger partial charge on any atom is 0.257 e. The molecule has 0 saturated carbocycles. The number of hydrogen-bond donors (Lipinski definition) is 1. The molecule has 0 spiro atoms. The van der Waals surface area contributed by atoms with E-state index in [9.17, 15) is 9.59 Å². The van der Waals surface area contributed by atoms with Crippen LogP contribution in [0, 0.1) is 0 Å². The minimum Gasteiger partial charge on any atom is -0.298 e. The van der Waals surface area contributed by atoms with Crippen LogP contribution in [0.1, 0.15) is 25.6 Å². The Balaban J connectivity index is 1.70. The van der Waals surface area contributed by atoms with Crippen LogP contribution in [-0.4, -0.2) is 22.9 Å². The Morgan fingerprint density at radius 1 is 0.867 bits per heavy atom. The molecule has 0 saturated heterocycles. The Morgan fingerprint density at radius 2 is 1.53 bits per heavy atom. The zero-order valence-electron chi connectivity index (χ0n) is 16.2. The van der Waals surface area contributed by atoms with E-state index in [1.807, 2.05) is 73.0 Å². The van der Waals surface area contributed by atoms with Crippen molar-refractivity contribution >= 4 is 39.9 Å². The van der Waals surface area contributed by atoms with Crippen molar-refractivity contribution in [3.05, 3.63) is 101 Å². The summed E-state index contributed by atoms with van der Waals surface area (Å²) in [6.07, 6.45) is 1.96. The standard InChI is InChI=1S/C24H18N2O2S2/c1-29-19-14-8-13-18(15-19)23(28)26-24-25-20(16-9-4-2-5-10-16)22(30-24)21(27)17-11-6-3-7-12-17/h2-15H,1H3,(H,25,26,28). The number of thioether (sulfide) groups is 1. The van der Waals surface area contributed by atoms with E-state index in [-0.39, 0.29) is 11.7 Å². The number of nitrogens with one attached hydrogen (secondary N) is 1. The van der Waals surface area contributed by atoms with Crippen LogP contribution < -0.4 is 5.32 Å². The van der Waals surface area contributed by atoms with Gasteiger partial charge in [0.25, 0.3) is 5.91 Å². The summed E-state index contributed by atoms with van der Waals surface area (Å²) in [4.78, 5) is 32.0. The fraction of sp³-hybridized carbons (Fsp3) is 0.0417. The van der Waals surface area contributed by atoms with Crippen molar-refractivity contribution in [2.24, 2.45) is 0 Å². The molecule has 30 heavy (non-hydrogen) atoms. The molecule has 6 heteroatoms. The molecular weight excluding hydrogens is 412 g/mol. The van der Waals surface area contributed by atoms with Crippen molar-refractivity contribution < 1.29 is 9.59 Å². The molecule has 1 amide bonds. The fourth-order valence-corrected chi connectivity index (χ4v) is 4.38. The summed E-state index contributed by atoms with van der Waals surface area (Å²) in [6.45, 7) is 0. The van der Waals surface area contributed by atoms with Crippen LogP contribution >= 0.6 is 23.1 Å². The molecule has 148 valence electrons. The van der Waals surface area contributed by atoms with E-state index >= 15 is 0 Å². The van der Waals surface area contributed by atoms with Crippen LogP contribution in [-0.2, 0) is 0 Å².